The molecule has 84 valence electrons. The molecule has 1 rings (SSSR count). The fraction of sp³-hybridized carbons (Fsp3) is 0.333. The maximum Gasteiger partial charge on any atom is 0.162 e. The van der Waals surface area contributed by atoms with Crippen molar-refractivity contribution in [1.82, 2.24) is 0 Å². The van der Waals surface area contributed by atoms with E-state index >= 15 is 0 Å². The van der Waals surface area contributed by atoms with E-state index in [9.17, 15) is 8.78 Å². The Kier molecular flexibility index (Phi) is 4.26. The monoisotopic (exact) mass is 237 g/mol. The van der Waals surface area contributed by atoms with Gasteiger partial charge >= 0.3 is 0 Å². The molecule has 6 heteroatoms. The minimum atomic E-state index is -1.06. The molecule has 0 amide bonds. The highest BCUT2D eigenvalue weighted by molar-refractivity contribution is 6.32. The van der Waals surface area contributed by atoms with Crippen LogP contribution in [0, 0.1) is 11.6 Å². The number of benzene rings is 1. The summed E-state index contributed by atoms with van der Waals surface area (Å²) in [5.74, 6) is -2.13. The summed E-state index contributed by atoms with van der Waals surface area (Å²) in [6, 6.07) is 1.63. The Labute approximate surface area is 90.4 Å². The molecule has 3 N–H and O–H groups in total. The van der Waals surface area contributed by atoms with Crippen molar-refractivity contribution < 1.29 is 18.6 Å². The Morgan fingerprint density at radius 1 is 1.40 bits per heavy atom. The molecule has 1 aromatic carbocycles. The minimum Gasteiger partial charge on any atom is -0.489 e. The molecule has 0 saturated heterocycles. The summed E-state index contributed by atoms with van der Waals surface area (Å²) in [5.41, 5.74) is 5.13. The molecule has 0 fully saturated rings. The van der Waals surface area contributed by atoms with Crippen molar-refractivity contribution >= 4 is 11.6 Å². The Morgan fingerprint density at radius 3 is 2.60 bits per heavy atom. The Hall–Kier alpha value is -0.910. The predicted molar refractivity (Wildman–Crippen MR) is 51.9 cm³/mol. The number of aliphatic hydroxyl groups is 1. The average Bonchev–Trinajstić information content (AvgIpc) is 2.21. The van der Waals surface area contributed by atoms with Gasteiger partial charge in [0.15, 0.2) is 11.6 Å². The molecule has 15 heavy (non-hydrogen) atoms. The van der Waals surface area contributed by atoms with Crippen molar-refractivity contribution in [2.24, 2.45) is 5.73 Å². The van der Waals surface area contributed by atoms with Crippen LogP contribution >= 0.6 is 11.6 Å². The summed E-state index contributed by atoms with van der Waals surface area (Å²) in [6.07, 6.45) is -0.866. The van der Waals surface area contributed by atoms with Crippen LogP contribution < -0.4 is 10.5 Å². The molecule has 0 bridgehead atoms. The quantitative estimate of drug-likeness (QED) is 0.777. The maximum absolute atomic E-state index is 12.8. The van der Waals surface area contributed by atoms with E-state index in [-0.39, 0.29) is 23.9 Å². The molecular weight excluding hydrogens is 228 g/mol. The van der Waals surface area contributed by atoms with Crippen LogP contribution in [0.5, 0.6) is 5.75 Å². The third-order valence-electron chi connectivity index (χ3n) is 1.68. The summed E-state index contributed by atoms with van der Waals surface area (Å²) in [5, 5.41) is 9.02. The first-order valence-electron chi connectivity index (χ1n) is 4.20. The highest BCUT2D eigenvalue weighted by Gasteiger charge is 2.10. The standard InChI is InChI=1S/C9H10ClF2NO2/c10-6-1-7(11)8(12)2-9(6)15-4-5(14)3-13/h1-2,5,14H,3-4,13H2/t5-/m1/s1. The zero-order valence-electron chi connectivity index (χ0n) is 7.71. The largest absolute Gasteiger partial charge is 0.489 e. The van der Waals surface area contributed by atoms with E-state index < -0.39 is 17.7 Å². The van der Waals surface area contributed by atoms with Gasteiger partial charge in [-0.25, -0.2) is 8.78 Å². The number of rotatable bonds is 4. The molecular formula is C9H10ClF2NO2. The lowest BCUT2D eigenvalue weighted by molar-refractivity contribution is 0.114. The molecule has 0 aliphatic carbocycles. The molecule has 3 nitrogen and oxygen atoms in total. The van der Waals surface area contributed by atoms with Gasteiger partial charge in [0.1, 0.15) is 18.5 Å². The number of nitrogens with two attached hydrogens (primary N) is 1. The molecule has 0 saturated carbocycles. The summed E-state index contributed by atoms with van der Waals surface area (Å²) in [4.78, 5) is 0. The lowest BCUT2D eigenvalue weighted by Crippen LogP contribution is -2.26. The second-order valence-corrected chi connectivity index (χ2v) is 3.30. The molecule has 1 aromatic rings. The van der Waals surface area contributed by atoms with Crippen LogP contribution in [0.1, 0.15) is 0 Å². The second-order valence-electron chi connectivity index (χ2n) is 2.90. The summed E-state index contributed by atoms with van der Waals surface area (Å²) >= 11 is 5.58. The lowest BCUT2D eigenvalue weighted by atomic mass is 10.3. The smallest absolute Gasteiger partial charge is 0.162 e. The maximum atomic E-state index is 12.8. The van der Waals surface area contributed by atoms with Crippen LogP contribution in [0.3, 0.4) is 0 Å². The molecule has 0 aliphatic heterocycles. The molecule has 0 unspecified atom stereocenters. The van der Waals surface area contributed by atoms with Gasteiger partial charge in [-0.2, -0.15) is 0 Å². The molecule has 0 aromatic heterocycles. The van der Waals surface area contributed by atoms with Gasteiger partial charge in [0, 0.05) is 12.6 Å². The number of hydrogen-bond acceptors (Lipinski definition) is 3. The first-order valence-corrected chi connectivity index (χ1v) is 4.58. The van der Waals surface area contributed by atoms with Gasteiger partial charge in [-0.3, -0.25) is 0 Å². The van der Waals surface area contributed by atoms with E-state index in [1.165, 1.54) is 0 Å². The van der Waals surface area contributed by atoms with Crippen LogP contribution in [0.15, 0.2) is 12.1 Å². The van der Waals surface area contributed by atoms with E-state index in [0.717, 1.165) is 12.1 Å². The zero-order chi connectivity index (χ0) is 11.4. The van der Waals surface area contributed by atoms with Crippen LogP contribution in [0.4, 0.5) is 8.78 Å². The third-order valence-corrected chi connectivity index (χ3v) is 1.97. The van der Waals surface area contributed by atoms with Crippen molar-refractivity contribution in [3.63, 3.8) is 0 Å². The van der Waals surface area contributed by atoms with Crippen molar-refractivity contribution in [2.75, 3.05) is 13.2 Å². The van der Waals surface area contributed by atoms with Gasteiger partial charge in [-0.1, -0.05) is 11.6 Å². The molecule has 0 aliphatic rings. The van der Waals surface area contributed by atoms with Gasteiger partial charge in [0.25, 0.3) is 0 Å². The third kappa shape index (κ3) is 3.30. The normalized spacial score (nSPS) is 12.6. The van der Waals surface area contributed by atoms with Crippen LogP contribution in [-0.4, -0.2) is 24.4 Å². The summed E-state index contributed by atoms with van der Waals surface area (Å²) in [7, 11) is 0. The van der Waals surface area contributed by atoms with E-state index in [1.807, 2.05) is 0 Å². The van der Waals surface area contributed by atoms with Crippen molar-refractivity contribution in [3.05, 3.63) is 28.8 Å². The zero-order valence-corrected chi connectivity index (χ0v) is 8.47. The van der Waals surface area contributed by atoms with E-state index in [2.05, 4.69) is 0 Å². The SMILES string of the molecule is NC[C@@H](O)COc1cc(F)c(F)cc1Cl. The van der Waals surface area contributed by atoms with E-state index in [0.29, 0.717) is 0 Å². The van der Waals surface area contributed by atoms with Gasteiger partial charge in [0.05, 0.1) is 5.02 Å². The first kappa shape index (κ1) is 12.2. The van der Waals surface area contributed by atoms with Crippen molar-refractivity contribution in [1.29, 1.82) is 0 Å². The van der Waals surface area contributed by atoms with Crippen LogP contribution in [0.25, 0.3) is 0 Å². The van der Waals surface area contributed by atoms with Crippen LogP contribution in [0.2, 0.25) is 5.02 Å². The Balaban J connectivity index is 2.73. The Bertz CT molecular complexity index is 349. The van der Waals surface area contributed by atoms with Crippen molar-refractivity contribution in [3.8, 4) is 5.75 Å². The highest BCUT2D eigenvalue weighted by atomic mass is 35.5. The molecule has 0 heterocycles. The average molecular weight is 238 g/mol. The summed E-state index contributed by atoms with van der Waals surface area (Å²) < 4.78 is 30.4. The van der Waals surface area contributed by atoms with E-state index in [4.69, 9.17) is 27.2 Å². The number of hydrogen-bond donors (Lipinski definition) is 2. The number of ether oxygens (including phenoxy) is 1. The van der Waals surface area contributed by atoms with Crippen molar-refractivity contribution in [2.45, 2.75) is 6.10 Å². The van der Waals surface area contributed by atoms with Gasteiger partial charge < -0.3 is 15.6 Å². The van der Waals surface area contributed by atoms with E-state index in [1.54, 1.807) is 0 Å². The second kappa shape index (κ2) is 5.25. The predicted octanol–water partition coefficient (Wildman–Crippen LogP) is 1.32. The number of aliphatic hydroxyl groups excluding tert-OH is 1. The van der Waals surface area contributed by atoms with Gasteiger partial charge in [-0.15, -0.1) is 0 Å². The first-order chi connectivity index (χ1) is 7.04. The fourth-order valence-electron chi connectivity index (χ4n) is 0.869. The lowest BCUT2D eigenvalue weighted by Gasteiger charge is -2.11. The topological polar surface area (TPSA) is 55.5 Å². The Morgan fingerprint density at radius 2 is 2.00 bits per heavy atom. The van der Waals surface area contributed by atoms with Gasteiger partial charge in [-0.05, 0) is 6.07 Å². The summed E-state index contributed by atoms with van der Waals surface area (Å²) in [6.45, 7) is -0.109. The number of halogens is 3. The highest BCUT2D eigenvalue weighted by Crippen LogP contribution is 2.26. The van der Waals surface area contributed by atoms with Gasteiger partial charge in [0.2, 0.25) is 0 Å². The fourth-order valence-corrected chi connectivity index (χ4v) is 1.07. The minimum absolute atomic E-state index is 0.0152. The molecule has 0 spiro atoms. The molecule has 0 radical (unpaired) electrons. The molecule has 1 atom stereocenters. The van der Waals surface area contributed by atoms with Crippen LogP contribution in [-0.2, 0) is 0 Å².